The lowest BCUT2D eigenvalue weighted by Crippen LogP contribution is -2.43. The molecule has 37 heavy (non-hydrogen) atoms. The summed E-state index contributed by atoms with van der Waals surface area (Å²) in [6.07, 6.45) is -0.530. The van der Waals surface area contributed by atoms with Gasteiger partial charge in [0.2, 0.25) is 10.0 Å². The van der Waals surface area contributed by atoms with Crippen molar-refractivity contribution >= 4 is 33.1 Å². The molecule has 4 rings (SSSR count). The van der Waals surface area contributed by atoms with Crippen LogP contribution in [0, 0.1) is 0 Å². The van der Waals surface area contributed by atoms with E-state index in [-0.39, 0.29) is 23.6 Å². The van der Waals surface area contributed by atoms with Gasteiger partial charge in [0.1, 0.15) is 11.5 Å². The second-order valence-electron chi connectivity index (χ2n) is 9.60. The Balaban J connectivity index is 1.35. The molecule has 200 valence electrons. The molecule has 0 saturated heterocycles. The number of rotatable bonds is 7. The van der Waals surface area contributed by atoms with Gasteiger partial charge in [0, 0.05) is 36.6 Å². The highest BCUT2D eigenvalue weighted by atomic mass is 32.2. The zero-order valence-corrected chi connectivity index (χ0v) is 21.6. The van der Waals surface area contributed by atoms with Crippen LogP contribution in [0.25, 0.3) is 5.65 Å². The molecule has 0 atom stereocenters. The largest absolute Gasteiger partial charge is 0.434 e. The molecule has 2 N–H and O–H groups in total. The van der Waals surface area contributed by atoms with Crippen LogP contribution in [0.3, 0.4) is 0 Å². The summed E-state index contributed by atoms with van der Waals surface area (Å²) < 4.78 is 67.4. The van der Waals surface area contributed by atoms with Gasteiger partial charge in [-0.1, -0.05) is 6.07 Å². The molecule has 2 aromatic heterocycles. The number of pyridine rings is 1. The number of fused-ring (bicyclic) bond motifs is 1. The second-order valence-corrected chi connectivity index (χ2v) is 11.8. The van der Waals surface area contributed by atoms with Crippen LogP contribution in [-0.2, 0) is 16.2 Å². The minimum atomic E-state index is -4.51. The molecular formula is C25H30F3N5O3S. The third-order valence-electron chi connectivity index (χ3n) is 6.73. The van der Waals surface area contributed by atoms with Crippen molar-refractivity contribution in [3.8, 4) is 0 Å². The van der Waals surface area contributed by atoms with Crippen LogP contribution < -0.4 is 14.9 Å². The molecule has 1 fully saturated rings. The topological polar surface area (TPSA) is 95.8 Å². The summed E-state index contributed by atoms with van der Waals surface area (Å²) in [5.41, 5.74) is 0.133. The number of amides is 1. The number of benzene rings is 1. The van der Waals surface area contributed by atoms with Crippen LogP contribution in [0.5, 0.6) is 0 Å². The van der Waals surface area contributed by atoms with Crippen LogP contribution >= 0.6 is 0 Å². The number of nitrogens with one attached hydrogen (secondary N) is 2. The molecule has 0 bridgehead atoms. The van der Waals surface area contributed by atoms with Crippen molar-refractivity contribution in [2.24, 2.45) is 0 Å². The molecular weight excluding hydrogens is 507 g/mol. The third-order valence-corrected chi connectivity index (χ3v) is 8.49. The summed E-state index contributed by atoms with van der Waals surface area (Å²) in [6, 6.07) is 11.4. The van der Waals surface area contributed by atoms with Gasteiger partial charge in [-0.2, -0.15) is 13.2 Å². The van der Waals surface area contributed by atoms with Crippen LogP contribution in [-0.4, -0.2) is 48.1 Å². The molecule has 1 aliphatic rings. The molecule has 1 aromatic carbocycles. The third kappa shape index (κ3) is 6.00. The number of imidazole rings is 1. The van der Waals surface area contributed by atoms with Crippen molar-refractivity contribution in [2.45, 2.75) is 63.0 Å². The van der Waals surface area contributed by atoms with Crippen LogP contribution in [0.2, 0.25) is 0 Å². The quantitative estimate of drug-likeness (QED) is 0.456. The first-order chi connectivity index (χ1) is 17.3. The predicted octanol–water partition coefficient (Wildman–Crippen LogP) is 4.68. The lowest BCUT2D eigenvalue weighted by molar-refractivity contribution is -0.140. The summed E-state index contributed by atoms with van der Waals surface area (Å²) in [5.74, 6) is 0.388. The molecule has 1 aliphatic carbocycles. The lowest BCUT2D eigenvalue weighted by Gasteiger charge is -2.36. The number of carbonyl (C=O) groups is 1. The first-order valence-corrected chi connectivity index (χ1v) is 13.6. The Morgan fingerprint density at radius 1 is 1.08 bits per heavy atom. The molecule has 2 heterocycles. The molecule has 0 radical (unpaired) electrons. The summed E-state index contributed by atoms with van der Waals surface area (Å²) in [7, 11) is -1.60. The van der Waals surface area contributed by atoms with Crippen molar-refractivity contribution in [3.63, 3.8) is 0 Å². The second kappa shape index (κ2) is 10.2. The highest BCUT2D eigenvalue weighted by molar-refractivity contribution is 7.93. The van der Waals surface area contributed by atoms with Gasteiger partial charge in [-0.15, -0.1) is 0 Å². The number of aromatic nitrogens is 2. The molecule has 1 saturated carbocycles. The number of alkyl halides is 3. The highest BCUT2D eigenvalue weighted by Gasteiger charge is 2.34. The maximum absolute atomic E-state index is 13.1. The van der Waals surface area contributed by atoms with Crippen molar-refractivity contribution in [3.05, 3.63) is 59.9 Å². The van der Waals surface area contributed by atoms with Gasteiger partial charge < -0.3 is 10.2 Å². The van der Waals surface area contributed by atoms with Crippen molar-refractivity contribution in [1.29, 1.82) is 0 Å². The van der Waals surface area contributed by atoms with Crippen molar-refractivity contribution < 1.29 is 26.4 Å². The fourth-order valence-corrected chi connectivity index (χ4v) is 5.16. The first-order valence-electron chi connectivity index (χ1n) is 12.1. The number of anilines is 2. The van der Waals surface area contributed by atoms with Gasteiger partial charge in [0.25, 0.3) is 5.91 Å². The van der Waals surface area contributed by atoms with E-state index in [9.17, 15) is 26.4 Å². The first kappa shape index (κ1) is 26.8. The van der Waals surface area contributed by atoms with E-state index in [4.69, 9.17) is 0 Å². The Morgan fingerprint density at radius 2 is 1.73 bits per heavy atom. The van der Waals surface area contributed by atoms with Crippen molar-refractivity contribution in [2.75, 3.05) is 16.7 Å². The zero-order valence-electron chi connectivity index (χ0n) is 20.8. The maximum Gasteiger partial charge on any atom is 0.434 e. The summed E-state index contributed by atoms with van der Waals surface area (Å²) in [5, 5.41) is 2.46. The number of hydrogen-bond acceptors (Lipinski definition) is 5. The summed E-state index contributed by atoms with van der Waals surface area (Å²) in [4.78, 5) is 18.4. The fraction of sp³-hybridized carbons (Fsp3) is 0.440. The zero-order chi connectivity index (χ0) is 27.0. The van der Waals surface area contributed by atoms with Crippen LogP contribution in [0.4, 0.5) is 24.7 Å². The van der Waals surface area contributed by atoms with E-state index in [1.54, 1.807) is 56.3 Å². The SMILES string of the molecule is CC(C)S(=O)(=O)Nc1ccc(C(=O)NC2CCC(N(C)c3cccc4nc(C(F)(F)F)cn34)CC2)cc1. The highest BCUT2D eigenvalue weighted by Crippen LogP contribution is 2.32. The van der Waals surface area contributed by atoms with E-state index in [0.717, 1.165) is 31.9 Å². The van der Waals surface area contributed by atoms with Gasteiger partial charge in [0.05, 0.1) is 5.25 Å². The van der Waals surface area contributed by atoms with E-state index in [2.05, 4.69) is 15.0 Å². The Kier molecular flexibility index (Phi) is 7.40. The van der Waals surface area contributed by atoms with E-state index >= 15 is 0 Å². The smallest absolute Gasteiger partial charge is 0.358 e. The molecule has 8 nitrogen and oxygen atoms in total. The van der Waals surface area contributed by atoms with E-state index in [1.165, 1.54) is 4.40 Å². The van der Waals surface area contributed by atoms with Crippen LogP contribution in [0.1, 0.15) is 55.6 Å². The number of halogens is 3. The standard InChI is InChI=1S/C25H30F3N5O3S/c1-16(2)37(35,36)31-19-9-7-17(8-10-19)24(34)29-18-11-13-20(14-12-18)32(3)23-6-4-5-22-30-21(15-33(22)23)25(26,27)28/h4-10,15-16,18,20,31H,11-14H2,1-3H3,(H,29,34). The predicted molar refractivity (Wildman–Crippen MR) is 136 cm³/mol. The number of nitrogens with zero attached hydrogens (tertiary/aromatic N) is 3. The Morgan fingerprint density at radius 3 is 2.32 bits per heavy atom. The molecule has 12 heteroatoms. The van der Waals surface area contributed by atoms with Gasteiger partial charge in [-0.3, -0.25) is 13.9 Å². The average molecular weight is 538 g/mol. The van der Waals surface area contributed by atoms with Crippen LogP contribution in [0.15, 0.2) is 48.7 Å². The minimum absolute atomic E-state index is 0.0304. The number of hydrogen-bond donors (Lipinski definition) is 2. The molecule has 0 spiro atoms. The molecule has 3 aromatic rings. The number of sulfonamides is 1. The summed E-state index contributed by atoms with van der Waals surface area (Å²) >= 11 is 0. The molecule has 1 amide bonds. The Labute approximate surface area is 213 Å². The Bertz CT molecular complexity index is 1360. The minimum Gasteiger partial charge on any atom is -0.358 e. The molecule has 0 aliphatic heterocycles. The Hall–Kier alpha value is -3.28. The maximum atomic E-state index is 13.1. The normalized spacial score (nSPS) is 18.7. The lowest BCUT2D eigenvalue weighted by atomic mass is 9.90. The van der Waals surface area contributed by atoms with E-state index in [0.29, 0.717) is 17.1 Å². The monoisotopic (exact) mass is 537 g/mol. The number of carbonyl (C=O) groups excluding carboxylic acids is 1. The van der Waals surface area contributed by atoms with Crippen molar-refractivity contribution in [1.82, 2.24) is 14.7 Å². The van der Waals surface area contributed by atoms with E-state index in [1.807, 2.05) is 11.9 Å². The van der Waals surface area contributed by atoms with Gasteiger partial charge >= 0.3 is 6.18 Å². The van der Waals surface area contributed by atoms with Gasteiger partial charge in [-0.05, 0) is 75.9 Å². The van der Waals surface area contributed by atoms with E-state index < -0.39 is 27.1 Å². The fourth-order valence-electron chi connectivity index (χ4n) is 4.46. The van der Waals surface area contributed by atoms with Gasteiger partial charge in [-0.25, -0.2) is 13.4 Å². The average Bonchev–Trinajstić information content (AvgIpc) is 3.29. The van der Waals surface area contributed by atoms with Gasteiger partial charge in [0.15, 0.2) is 5.69 Å². The molecule has 0 unspecified atom stereocenters. The summed E-state index contributed by atoms with van der Waals surface area (Å²) in [6.45, 7) is 3.16.